The Morgan fingerprint density at radius 2 is 2.20 bits per heavy atom. The maximum atomic E-state index is 12.7. The second kappa shape index (κ2) is 5.29. The number of nitrogens with one attached hydrogen (secondary N) is 1. The summed E-state index contributed by atoms with van der Waals surface area (Å²) >= 11 is 0. The number of aromatic nitrogens is 1. The normalized spacial score (nSPS) is 22.3. The number of amides is 1. The summed E-state index contributed by atoms with van der Waals surface area (Å²) in [6.07, 6.45) is 5.17. The summed E-state index contributed by atoms with van der Waals surface area (Å²) in [5.41, 5.74) is 7.59. The molecular weight excluding hydrogens is 250 g/mol. The van der Waals surface area contributed by atoms with E-state index in [1.165, 1.54) is 0 Å². The number of carbonyl (C=O) groups excluding carboxylic acids is 1. The van der Waals surface area contributed by atoms with E-state index in [4.69, 9.17) is 5.73 Å². The maximum Gasteiger partial charge on any atom is 0.256 e. The van der Waals surface area contributed by atoms with Crippen molar-refractivity contribution in [1.29, 1.82) is 0 Å². The van der Waals surface area contributed by atoms with E-state index in [0.29, 0.717) is 12.5 Å². The summed E-state index contributed by atoms with van der Waals surface area (Å²) in [5.74, 6) is 0.530. The molecule has 1 aliphatic carbocycles. The summed E-state index contributed by atoms with van der Waals surface area (Å²) in [6, 6.07) is 8.19. The maximum absolute atomic E-state index is 12.7. The van der Waals surface area contributed by atoms with Crippen molar-refractivity contribution in [2.45, 2.75) is 25.3 Å². The SMILES string of the molecule is CN(C(=O)c1c[nH]c2ccccc12)C1CCCC1CN. The number of hydrogen-bond donors (Lipinski definition) is 2. The Hall–Kier alpha value is -1.81. The molecule has 3 rings (SSSR count). The molecule has 106 valence electrons. The Balaban J connectivity index is 1.88. The molecule has 0 spiro atoms. The van der Waals surface area contributed by atoms with Gasteiger partial charge in [0.15, 0.2) is 0 Å². The number of fused-ring (bicyclic) bond motifs is 1. The van der Waals surface area contributed by atoms with E-state index in [-0.39, 0.29) is 11.9 Å². The van der Waals surface area contributed by atoms with Gasteiger partial charge in [-0.15, -0.1) is 0 Å². The predicted octanol–water partition coefficient (Wildman–Crippen LogP) is 2.37. The van der Waals surface area contributed by atoms with Crippen LogP contribution in [0.5, 0.6) is 0 Å². The highest BCUT2D eigenvalue weighted by molar-refractivity contribution is 6.06. The average molecular weight is 271 g/mol. The van der Waals surface area contributed by atoms with E-state index < -0.39 is 0 Å². The van der Waals surface area contributed by atoms with Crippen LogP contribution in [0.15, 0.2) is 30.5 Å². The highest BCUT2D eigenvalue weighted by atomic mass is 16.2. The molecule has 2 aromatic rings. The van der Waals surface area contributed by atoms with Gasteiger partial charge < -0.3 is 15.6 Å². The molecule has 1 aromatic heterocycles. The van der Waals surface area contributed by atoms with Crippen LogP contribution in [0, 0.1) is 5.92 Å². The van der Waals surface area contributed by atoms with E-state index in [1.54, 1.807) is 0 Å². The van der Waals surface area contributed by atoms with Crippen LogP contribution in [-0.2, 0) is 0 Å². The average Bonchev–Trinajstić information content (AvgIpc) is 3.12. The monoisotopic (exact) mass is 271 g/mol. The fourth-order valence-corrected chi connectivity index (χ4v) is 3.39. The number of benzene rings is 1. The van der Waals surface area contributed by atoms with Gasteiger partial charge in [-0.25, -0.2) is 0 Å². The van der Waals surface area contributed by atoms with Gasteiger partial charge in [-0.05, 0) is 31.4 Å². The molecule has 3 N–H and O–H groups in total. The van der Waals surface area contributed by atoms with Gasteiger partial charge in [0.05, 0.1) is 5.56 Å². The number of nitrogens with two attached hydrogens (primary N) is 1. The summed E-state index contributed by atoms with van der Waals surface area (Å²) in [5, 5.41) is 0.992. The van der Waals surface area contributed by atoms with E-state index in [0.717, 1.165) is 35.7 Å². The minimum atomic E-state index is 0.0906. The highest BCUT2D eigenvalue weighted by Gasteiger charge is 2.32. The third-order valence-electron chi connectivity index (χ3n) is 4.56. The second-order valence-electron chi connectivity index (χ2n) is 5.66. The number of carbonyl (C=O) groups is 1. The molecule has 1 heterocycles. The first-order valence-electron chi connectivity index (χ1n) is 7.25. The van der Waals surface area contributed by atoms with Crippen LogP contribution < -0.4 is 5.73 Å². The Bertz CT molecular complexity index is 619. The van der Waals surface area contributed by atoms with Gasteiger partial charge in [-0.2, -0.15) is 0 Å². The molecule has 4 heteroatoms. The fourth-order valence-electron chi connectivity index (χ4n) is 3.39. The van der Waals surface area contributed by atoms with Crippen LogP contribution in [0.25, 0.3) is 10.9 Å². The van der Waals surface area contributed by atoms with Gasteiger partial charge in [-0.3, -0.25) is 4.79 Å². The largest absolute Gasteiger partial charge is 0.360 e. The molecule has 1 amide bonds. The number of aromatic amines is 1. The minimum Gasteiger partial charge on any atom is -0.360 e. The highest BCUT2D eigenvalue weighted by Crippen LogP contribution is 2.30. The Morgan fingerprint density at radius 3 is 3.00 bits per heavy atom. The van der Waals surface area contributed by atoms with Crippen LogP contribution in [0.4, 0.5) is 0 Å². The fraction of sp³-hybridized carbons (Fsp3) is 0.438. The molecule has 1 fully saturated rings. The lowest BCUT2D eigenvalue weighted by Gasteiger charge is -2.29. The number of rotatable bonds is 3. The second-order valence-corrected chi connectivity index (χ2v) is 5.66. The Morgan fingerprint density at radius 1 is 1.40 bits per heavy atom. The quantitative estimate of drug-likeness (QED) is 0.900. The lowest BCUT2D eigenvalue weighted by Crippen LogP contribution is -2.41. The van der Waals surface area contributed by atoms with Crippen molar-refractivity contribution in [3.8, 4) is 0 Å². The summed E-state index contributed by atoms with van der Waals surface area (Å²) in [7, 11) is 1.91. The first-order valence-corrected chi connectivity index (χ1v) is 7.25. The van der Waals surface area contributed by atoms with Crippen molar-refractivity contribution in [2.24, 2.45) is 11.7 Å². The molecule has 0 bridgehead atoms. The molecule has 0 radical (unpaired) electrons. The zero-order valence-corrected chi connectivity index (χ0v) is 11.8. The minimum absolute atomic E-state index is 0.0906. The topological polar surface area (TPSA) is 62.1 Å². The first kappa shape index (κ1) is 13.2. The van der Waals surface area contributed by atoms with Crippen molar-refractivity contribution in [1.82, 2.24) is 9.88 Å². The van der Waals surface area contributed by atoms with Gasteiger partial charge in [0, 0.05) is 30.2 Å². The molecule has 1 aliphatic rings. The van der Waals surface area contributed by atoms with Crippen LogP contribution >= 0.6 is 0 Å². The third kappa shape index (κ3) is 2.10. The number of nitrogens with zero attached hydrogens (tertiary/aromatic N) is 1. The molecular formula is C16H21N3O. The third-order valence-corrected chi connectivity index (χ3v) is 4.56. The van der Waals surface area contributed by atoms with Crippen LogP contribution in [0.3, 0.4) is 0 Å². The summed E-state index contributed by atoms with van der Waals surface area (Å²) in [6.45, 7) is 0.663. The van der Waals surface area contributed by atoms with Crippen LogP contribution in [-0.4, -0.2) is 35.4 Å². The first-order chi connectivity index (χ1) is 9.72. The Labute approximate surface area is 118 Å². The molecule has 4 nitrogen and oxygen atoms in total. The molecule has 2 unspecified atom stereocenters. The van der Waals surface area contributed by atoms with Gasteiger partial charge in [-0.1, -0.05) is 24.6 Å². The van der Waals surface area contributed by atoms with Gasteiger partial charge in [0.2, 0.25) is 0 Å². The van der Waals surface area contributed by atoms with Crippen molar-refractivity contribution >= 4 is 16.8 Å². The molecule has 0 saturated heterocycles. The number of H-pyrrole nitrogens is 1. The van der Waals surface area contributed by atoms with Crippen molar-refractivity contribution in [3.05, 3.63) is 36.0 Å². The smallest absolute Gasteiger partial charge is 0.256 e. The molecule has 2 atom stereocenters. The Kier molecular flexibility index (Phi) is 3.49. The van der Waals surface area contributed by atoms with E-state index in [9.17, 15) is 4.79 Å². The molecule has 20 heavy (non-hydrogen) atoms. The summed E-state index contributed by atoms with van der Waals surface area (Å²) in [4.78, 5) is 17.8. The molecule has 0 aliphatic heterocycles. The van der Waals surface area contributed by atoms with Crippen molar-refractivity contribution < 1.29 is 4.79 Å². The van der Waals surface area contributed by atoms with Crippen LogP contribution in [0.2, 0.25) is 0 Å². The zero-order chi connectivity index (χ0) is 14.1. The number of hydrogen-bond acceptors (Lipinski definition) is 2. The van der Waals surface area contributed by atoms with Crippen molar-refractivity contribution in [3.63, 3.8) is 0 Å². The van der Waals surface area contributed by atoms with Gasteiger partial charge in [0.25, 0.3) is 5.91 Å². The van der Waals surface area contributed by atoms with E-state index in [1.807, 2.05) is 42.4 Å². The zero-order valence-electron chi connectivity index (χ0n) is 11.8. The van der Waals surface area contributed by atoms with Gasteiger partial charge in [0.1, 0.15) is 0 Å². The van der Waals surface area contributed by atoms with Crippen molar-refractivity contribution in [2.75, 3.05) is 13.6 Å². The van der Waals surface area contributed by atoms with E-state index in [2.05, 4.69) is 4.98 Å². The summed E-state index contributed by atoms with van der Waals surface area (Å²) < 4.78 is 0. The lowest BCUT2D eigenvalue weighted by molar-refractivity contribution is 0.0702. The number of para-hydroxylation sites is 1. The lowest BCUT2D eigenvalue weighted by atomic mass is 10.0. The van der Waals surface area contributed by atoms with Crippen LogP contribution in [0.1, 0.15) is 29.6 Å². The van der Waals surface area contributed by atoms with Gasteiger partial charge >= 0.3 is 0 Å². The van der Waals surface area contributed by atoms with E-state index >= 15 is 0 Å². The molecule has 1 aromatic carbocycles. The predicted molar refractivity (Wildman–Crippen MR) is 80.6 cm³/mol. The molecule has 1 saturated carbocycles. The standard InChI is InChI=1S/C16H21N3O/c1-19(15-8-4-5-11(15)9-17)16(20)13-10-18-14-7-3-2-6-12(13)14/h2-3,6-7,10-11,15,18H,4-5,8-9,17H2,1H3.